The van der Waals surface area contributed by atoms with Crippen molar-refractivity contribution in [2.75, 3.05) is 5.32 Å². The maximum absolute atomic E-state index is 13.1. The molecule has 1 aromatic carbocycles. The third-order valence-electron chi connectivity index (χ3n) is 3.16. The van der Waals surface area contributed by atoms with Gasteiger partial charge in [0.15, 0.2) is 0 Å². The summed E-state index contributed by atoms with van der Waals surface area (Å²) in [6, 6.07) is 7.65. The highest BCUT2D eigenvalue weighted by molar-refractivity contribution is 5.92. The van der Waals surface area contributed by atoms with Crippen molar-refractivity contribution in [1.29, 1.82) is 0 Å². The highest BCUT2D eigenvalue weighted by Crippen LogP contribution is 2.25. The summed E-state index contributed by atoms with van der Waals surface area (Å²) in [6.07, 6.45) is -2.20. The Hall–Kier alpha value is -3.10. The van der Waals surface area contributed by atoms with E-state index < -0.39 is 23.8 Å². The molecule has 9 heteroatoms. The predicted molar refractivity (Wildman–Crippen MR) is 80.6 cm³/mol. The molecule has 0 aliphatic heterocycles. The van der Waals surface area contributed by atoms with Gasteiger partial charge >= 0.3 is 6.36 Å². The van der Waals surface area contributed by atoms with E-state index in [2.05, 4.69) is 15.0 Å². The maximum atomic E-state index is 13.1. The molecule has 25 heavy (non-hydrogen) atoms. The Balaban J connectivity index is 1.68. The fourth-order valence-electron chi connectivity index (χ4n) is 2.24. The van der Waals surface area contributed by atoms with Crippen LogP contribution in [0.4, 0.5) is 23.2 Å². The second kappa shape index (κ2) is 6.42. The quantitative estimate of drug-likeness (QED) is 0.730. The van der Waals surface area contributed by atoms with E-state index in [1.54, 1.807) is 0 Å². The number of nitrogens with zero attached hydrogens (tertiary/aromatic N) is 2. The summed E-state index contributed by atoms with van der Waals surface area (Å²) in [6.45, 7) is 0. The average molecular weight is 353 g/mol. The molecule has 130 valence electrons. The Morgan fingerprint density at radius 2 is 2.00 bits per heavy atom. The smallest absolute Gasteiger partial charge is 0.406 e. The van der Waals surface area contributed by atoms with Crippen LogP contribution in [-0.4, -0.2) is 21.7 Å². The van der Waals surface area contributed by atoms with Crippen LogP contribution in [0.5, 0.6) is 5.75 Å². The first-order valence-corrected chi connectivity index (χ1v) is 7.07. The van der Waals surface area contributed by atoms with Gasteiger partial charge in [-0.3, -0.25) is 4.79 Å². The average Bonchev–Trinajstić information content (AvgIpc) is 2.86. The van der Waals surface area contributed by atoms with Crippen LogP contribution in [0.3, 0.4) is 0 Å². The van der Waals surface area contributed by atoms with Crippen molar-refractivity contribution in [2.24, 2.45) is 0 Å². The second-order valence-electron chi connectivity index (χ2n) is 5.15. The maximum Gasteiger partial charge on any atom is 0.573 e. The fourth-order valence-corrected chi connectivity index (χ4v) is 2.24. The summed E-state index contributed by atoms with van der Waals surface area (Å²) in [5.74, 6) is -1.36. The summed E-state index contributed by atoms with van der Waals surface area (Å²) in [5, 5.41) is 2.46. The summed E-state index contributed by atoms with van der Waals surface area (Å²) in [5.41, 5.74) is 1.03. The van der Waals surface area contributed by atoms with Gasteiger partial charge in [-0.25, -0.2) is 9.37 Å². The number of pyridine rings is 1. The van der Waals surface area contributed by atoms with E-state index in [4.69, 9.17) is 0 Å². The number of rotatable bonds is 4. The largest absolute Gasteiger partial charge is 0.573 e. The normalized spacial score (nSPS) is 11.5. The van der Waals surface area contributed by atoms with Gasteiger partial charge in [0.1, 0.15) is 17.2 Å². The Morgan fingerprint density at radius 1 is 1.20 bits per heavy atom. The molecule has 0 bridgehead atoms. The Morgan fingerprint density at radius 3 is 2.76 bits per heavy atom. The van der Waals surface area contributed by atoms with Gasteiger partial charge in [0.05, 0.1) is 12.1 Å². The molecule has 3 aromatic rings. The number of hydrogen-bond acceptors (Lipinski definition) is 3. The number of nitrogens with one attached hydrogen (secondary N) is 1. The van der Waals surface area contributed by atoms with Gasteiger partial charge in [0.2, 0.25) is 5.91 Å². The molecule has 0 saturated carbocycles. The SMILES string of the molecule is O=C(Cc1cn2cc(F)ccc2n1)Nc1cccc(OC(F)(F)F)c1. The molecule has 1 amide bonds. The van der Waals surface area contributed by atoms with Crippen molar-refractivity contribution in [1.82, 2.24) is 9.38 Å². The van der Waals surface area contributed by atoms with Crippen LogP contribution in [0.2, 0.25) is 0 Å². The van der Waals surface area contributed by atoms with E-state index in [-0.39, 0.29) is 12.1 Å². The van der Waals surface area contributed by atoms with Gasteiger partial charge in [-0.15, -0.1) is 13.2 Å². The lowest BCUT2D eigenvalue weighted by molar-refractivity contribution is -0.274. The lowest BCUT2D eigenvalue weighted by Crippen LogP contribution is -2.18. The van der Waals surface area contributed by atoms with Gasteiger partial charge in [0, 0.05) is 24.1 Å². The highest BCUT2D eigenvalue weighted by atomic mass is 19.4. The minimum atomic E-state index is -4.81. The number of carbonyl (C=O) groups is 1. The van der Waals surface area contributed by atoms with E-state index in [0.717, 1.165) is 12.1 Å². The number of benzene rings is 1. The van der Waals surface area contributed by atoms with Crippen LogP contribution in [0.15, 0.2) is 48.8 Å². The summed E-state index contributed by atoms with van der Waals surface area (Å²) in [7, 11) is 0. The summed E-state index contributed by atoms with van der Waals surface area (Å²) < 4.78 is 55.0. The van der Waals surface area contributed by atoms with Crippen LogP contribution in [-0.2, 0) is 11.2 Å². The zero-order valence-corrected chi connectivity index (χ0v) is 12.5. The number of ether oxygens (including phenoxy) is 1. The number of amides is 1. The van der Waals surface area contributed by atoms with Gasteiger partial charge < -0.3 is 14.5 Å². The standard InChI is InChI=1S/C16H11F4N3O2/c17-10-4-5-14-21-12(9-23(14)8-10)7-15(24)22-11-2-1-3-13(6-11)25-16(18,19)20/h1-6,8-9H,7H2,(H,22,24). The van der Waals surface area contributed by atoms with Crippen LogP contribution in [0, 0.1) is 5.82 Å². The van der Waals surface area contributed by atoms with E-state index in [1.807, 2.05) is 0 Å². The molecule has 2 heterocycles. The molecule has 0 atom stereocenters. The van der Waals surface area contributed by atoms with Crippen molar-refractivity contribution in [2.45, 2.75) is 12.8 Å². The van der Waals surface area contributed by atoms with Crippen molar-refractivity contribution < 1.29 is 27.1 Å². The van der Waals surface area contributed by atoms with Gasteiger partial charge in [-0.05, 0) is 24.3 Å². The first kappa shape index (κ1) is 16.7. The molecule has 0 spiro atoms. The third-order valence-corrected chi connectivity index (χ3v) is 3.16. The zero-order valence-electron chi connectivity index (χ0n) is 12.5. The first-order valence-electron chi connectivity index (χ1n) is 7.07. The van der Waals surface area contributed by atoms with Crippen LogP contribution < -0.4 is 10.1 Å². The van der Waals surface area contributed by atoms with E-state index in [0.29, 0.717) is 11.3 Å². The second-order valence-corrected chi connectivity index (χ2v) is 5.15. The fraction of sp³-hybridized carbons (Fsp3) is 0.125. The molecular weight excluding hydrogens is 342 g/mol. The highest BCUT2D eigenvalue weighted by Gasteiger charge is 2.31. The molecule has 5 nitrogen and oxygen atoms in total. The summed E-state index contributed by atoms with van der Waals surface area (Å²) >= 11 is 0. The van der Waals surface area contributed by atoms with E-state index in [1.165, 1.54) is 41.1 Å². The van der Waals surface area contributed by atoms with Crippen LogP contribution in [0.1, 0.15) is 5.69 Å². The lowest BCUT2D eigenvalue weighted by Gasteiger charge is -2.10. The lowest BCUT2D eigenvalue weighted by atomic mass is 10.2. The molecule has 1 N–H and O–H groups in total. The number of hydrogen-bond donors (Lipinski definition) is 1. The molecule has 0 radical (unpaired) electrons. The van der Waals surface area contributed by atoms with Crippen molar-refractivity contribution in [3.05, 3.63) is 60.3 Å². The van der Waals surface area contributed by atoms with Crippen molar-refractivity contribution in [3.8, 4) is 5.75 Å². The van der Waals surface area contributed by atoms with E-state index in [9.17, 15) is 22.4 Å². The van der Waals surface area contributed by atoms with Crippen LogP contribution >= 0.6 is 0 Å². The molecule has 2 aromatic heterocycles. The molecule has 0 aliphatic carbocycles. The number of imidazole rings is 1. The molecule has 0 unspecified atom stereocenters. The minimum Gasteiger partial charge on any atom is -0.406 e. The van der Waals surface area contributed by atoms with Crippen molar-refractivity contribution in [3.63, 3.8) is 0 Å². The third kappa shape index (κ3) is 4.46. The minimum absolute atomic E-state index is 0.117. The Bertz CT molecular complexity index is 921. The number of alkyl halides is 3. The molecule has 0 fully saturated rings. The zero-order chi connectivity index (χ0) is 18.0. The van der Waals surface area contributed by atoms with Gasteiger partial charge in [-0.1, -0.05) is 6.07 Å². The molecule has 0 saturated heterocycles. The number of aromatic nitrogens is 2. The number of halogens is 4. The van der Waals surface area contributed by atoms with Crippen molar-refractivity contribution >= 4 is 17.2 Å². The monoisotopic (exact) mass is 353 g/mol. The van der Waals surface area contributed by atoms with Gasteiger partial charge in [-0.2, -0.15) is 0 Å². The first-order chi connectivity index (χ1) is 11.8. The molecule has 3 rings (SSSR count). The molecule has 0 aliphatic rings. The van der Waals surface area contributed by atoms with Crippen LogP contribution in [0.25, 0.3) is 5.65 Å². The predicted octanol–water partition coefficient (Wildman–Crippen LogP) is 3.55. The number of carbonyl (C=O) groups excluding carboxylic acids is 1. The topological polar surface area (TPSA) is 55.6 Å². The molecular formula is C16H11F4N3O2. The Labute approximate surface area is 138 Å². The number of anilines is 1. The van der Waals surface area contributed by atoms with E-state index >= 15 is 0 Å². The van der Waals surface area contributed by atoms with Gasteiger partial charge in [0.25, 0.3) is 0 Å². The summed E-state index contributed by atoms with van der Waals surface area (Å²) in [4.78, 5) is 16.2. The Kier molecular flexibility index (Phi) is 4.30. The number of fused-ring (bicyclic) bond motifs is 1.